The van der Waals surface area contributed by atoms with Crippen LogP contribution in [-0.4, -0.2) is 0 Å². The topological polar surface area (TPSA) is 3.24 Å². The molecular formula is C56H39N. The van der Waals surface area contributed by atoms with E-state index in [2.05, 4.69) is 241 Å². The number of rotatable bonds is 7. The molecule has 0 saturated heterocycles. The zero-order valence-electron chi connectivity index (χ0n) is 31.5. The van der Waals surface area contributed by atoms with Crippen LogP contribution in [0.4, 0.5) is 17.1 Å². The molecule has 0 fully saturated rings. The maximum absolute atomic E-state index is 2.46. The van der Waals surface area contributed by atoms with Crippen molar-refractivity contribution in [2.45, 2.75) is 10.8 Å². The van der Waals surface area contributed by atoms with Crippen molar-refractivity contribution in [3.63, 3.8) is 0 Å². The Hall–Kier alpha value is -7.22. The number of para-hydroxylation sites is 1. The van der Waals surface area contributed by atoms with Crippen LogP contribution in [0.25, 0.3) is 22.3 Å². The van der Waals surface area contributed by atoms with Crippen LogP contribution in [0.5, 0.6) is 0 Å². The van der Waals surface area contributed by atoms with Gasteiger partial charge in [0.25, 0.3) is 0 Å². The molecule has 9 aromatic rings. The maximum atomic E-state index is 2.46. The SMILES string of the molecule is c1ccc(N(c2ccc3c(c2)-c2ccccc2C3(c2ccccc2)c2ccccc2)c2ccc3c(c2)C(c2ccccc2)(c2ccccc2)c2ccccc2-3)cc1. The van der Waals surface area contributed by atoms with Crippen molar-refractivity contribution in [1.82, 2.24) is 0 Å². The van der Waals surface area contributed by atoms with Crippen LogP contribution >= 0.6 is 0 Å². The van der Waals surface area contributed by atoms with Gasteiger partial charge in [0.1, 0.15) is 0 Å². The summed E-state index contributed by atoms with van der Waals surface area (Å²) in [5.41, 5.74) is 17.8. The summed E-state index contributed by atoms with van der Waals surface area (Å²) in [4.78, 5) is 2.44. The minimum absolute atomic E-state index is 0.450. The normalized spacial score (nSPS) is 13.9. The van der Waals surface area contributed by atoms with Gasteiger partial charge in [-0.2, -0.15) is 0 Å². The largest absolute Gasteiger partial charge is 0.310 e. The van der Waals surface area contributed by atoms with Crippen LogP contribution in [0.15, 0.2) is 237 Å². The summed E-state index contributed by atoms with van der Waals surface area (Å²) in [5.74, 6) is 0. The van der Waals surface area contributed by atoms with E-state index in [0.717, 1.165) is 17.1 Å². The van der Waals surface area contributed by atoms with Crippen molar-refractivity contribution in [1.29, 1.82) is 0 Å². The molecule has 0 N–H and O–H groups in total. The average Bonchev–Trinajstić information content (AvgIpc) is 3.76. The van der Waals surface area contributed by atoms with Crippen LogP contribution < -0.4 is 4.90 Å². The van der Waals surface area contributed by atoms with Gasteiger partial charge in [-0.05, 0) is 103 Å². The molecule has 0 saturated carbocycles. The number of anilines is 3. The number of nitrogens with zero attached hydrogens (tertiary/aromatic N) is 1. The van der Waals surface area contributed by atoms with E-state index >= 15 is 0 Å². The molecule has 0 radical (unpaired) electrons. The summed E-state index contributed by atoms with van der Waals surface area (Å²) < 4.78 is 0. The van der Waals surface area contributed by atoms with Crippen LogP contribution in [0.1, 0.15) is 44.5 Å². The Kier molecular flexibility index (Phi) is 7.69. The highest BCUT2D eigenvalue weighted by atomic mass is 15.1. The van der Waals surface area contributed by atoms with Gasteiger partial charge in [-0.3, -0.25) is 0 Å². The zero-order valence-corrected chi connectivity index (χ0v) is 31.5. The molecule has 0 bridgehead atoms. The Bertz CT molecular complexity index is 2800. The third-order valence-electron chi connectivity index (χ3n) is 12.4. The summed E-state index contributed by atoms with van der Waals surface area (Å²) in [6, 6.07) is 87.3. The Balaban J connectivity index is 1.16. The smallest absolute Gasteiger partial charge is 0.0714 e. The van der Waals surface area contributed by atoms with Crippen LogP contribution in [0.3, 0.4) is 0 Å². The molecular weight excluding hydrogens is 687 g/mol. The maximum Gasteiger partial charge on any atom is 0.0714 e. The molecule has 268 valence electrons. The van der Waals surface area contributed by atoms with E-state index in [1.54, 1.807) is 0 Å². The van der Waals surface area contributed by atoms with Gasteiger partial charge in [0.2, 0.25) is 0 Å². The lowest BCUT2D eigenvalue weighted by Crippen LogP contribution is -2.28. The molecule has 0 spiro atoms. The highest BCUT2D eigenvalue weighted by molar-refractivity contribution is 5.92. The van der Waals surface area contributed by atoms with Crippen molar-refractivity contribution in [2.75, 3.05) is 4.90 Å². The molecule has 0 aliphatic heterocycles. The van der Waals surface area contributed by atoms with Crippen molar-refractivity contribution in [2.24, 2.45) is 0 Å². The Morgan fingerprint density at radius 2 is 0.579 bits per heavy atom. The van der Waals surface area contributed by atoms with E-state index in [1.807, 2.05) is 0 Å². The second-order valence-electron chi connectivity index (χ2n) is 15.2. The molecule has 0 aromatic heterocycles. The predicted molar refractivity (Wildman–Crippen MR) is 236 cm³/mol. The fraction of sp³-hybridized carbons (Fsp3) is 0.0357. The summed E-state index contributed by atoms with van der Waals surface area (Å²) in [5, 5.41) is 0. The number of fused-ring (bicyclic) bond motifs is 6. The third kappa shape index (κ3) is 4.82. The van der Waals surface area contributed by atoms with Crippen LogP contribution in [0.2, 0.25) is 0 Å². The first-order valence-electron chi connectivity index (χ1n) is 19.9. The molecule has 0 atom stereocenters. The first-order valence-corrected chi connectivity index (χ1v) is 19.9. The van der Waals surface area contributed by atoms with Crippen LogP contribution in [-0.2, 0) is 10.8 Å². The Morgan fingerprint density at radius 1 is 0.228 bits per heavy atom. The average molecular weight is 726 g/mol. The molecule has 1 heteroatoms. The minimum Gasteiger partial charge on any atom is -0.310 e. The molecule has 11 rings (SSSR count). The van der Waals surface area contributed by atoms with Gasteiger partial charge in [0.15, 0.2) is 0 Å². The van der Waals surface area contributed by atoms with Gasteiger partial charge in [0, 0.05) is 17.1 Å². The van der Waals surface area contributed by atoms with E-state index in [0.29, 0.717) is 0 Å². The molecule has 0 heterocycles. The lowest BCUT2D eigenvalue weighted by atomic mass is 9.67. The van der Waals surface area contributed by atoms with Gasteiger partial charge in [-0.1, -0.05) is 200 Å². The molecule has 1 nitrogen and oxygen atoms in total. The van der Waals surface area contributed by atoms with Crippen LogP contribution in [0, 0.1) is 0 Å². The van der Waals surface area contributed by atoms with Gasteiger partial charge < -0.3 is 4.90 Å². The molecule has 0 amide bonds. The quantitative estimate of drug-likeness (QED) is 0.158. The Labute approximate surface area is 334 Å². The van der Waals surface area contributed by atoms with E-state index in [-0.39, 0.29) is 0 Å². The molecule has 2 aliphatic rings. The first-order chi connectivity index (χ1) is 28.3. The fourth-order valence-electron chi connectivity index (χ4n) is 10.2. The molecule has 9 aromatic carbocycles. The first kappa shape index (κ1) is 33.1. The zero-order chi connectivity index (χ0) is 37.8. The van der Waals surface area contributed by atoms with Crippen molar-refractivity contribution in [3.8, 4) is 22.3 Å². The predicted octanol–water partition coefficient (Wildman–Crippen LogP) is 13.9. The van der Waals surface area contributed by atoms with Gasteiger partial charge in [-0.25, -0.2) is 0 Å². The summed E-state index contributed by atoms with van der Waals surface area (Å²) in [6.45, 7) is 0. The number of hydrogen-bond donors (Lipinski definition) is 0. The summed E-state index contributed by atoms with van der Waals surface area (Å²) in [6.07, 6.45) is 0. The van der Waals surface area contributed by atoms with Gasteiger partial charge in [-0.15, -0.1) is 0 Å². The highest BCUT2D eigenvalue weighted by Crippen LogP contribution is 2.59. The van der Waals surface area contributed by atoms with Gasteiger partial charge in [0.05, 0.1) is 10.8 Å². The lowest BCUT2D eigenvalue weighted by molar-refractivity contribution is 0.768. The lowest BCUT2D eigenvalue weighted by Gasteiger charge is -2.35. The second-order valence-corrected chi connectivity index (χ2v) is 15.2. The third-order valence-corrected chi connectivity index (χ3v) is 12.4. The molecule has 2 aliphatic carbocycles. The van der Waals surface area contributed by atoms with E-state index in [9.17, 15) is 0 Å². The summed E-state index contributed by atoms with van der Waals surface area (Å²) in [7, 11) is 0. The molecule has 57 heavy (non-hydrogen) atoms. The number of benzene rings is 9. The summed E-state index contributed by atoms with van der Waals surface area (Å²) >= 11 is 0. The van der Waals surface area contributed by atoms with E-state index < -0.39 is 10.8 Å². The standard InChI is InChI=1S/C56H39N/c1-6-20-40(21-7-1)55(41-22-8-2-9-23-41)52-33-19-17-31-48(52)50-38-45(35-37-53(50)55)57(44-28-14-5-15-29-44)46-34-36-49-47-30-16-18-32-51(47)56(54(49)39-46,42-24-10-3-11-25-42)43-26-12-4-13-27-43/h1-39H. The van der Waals surface area contributed by atoms with Gasteiger partial charge >= 0.3 is 0 Å². The minimum atomic E-state index is -0.491. The van der Waals surface area contributed by atoms with Crippen molar-refractivity contribution >= 4 is 17.1 Å². The van der Waals surface area contributed by atoms with E-state index in [4.69, 9.17) is 0 Å². The fourth-order valence-corrected chi connectivity index (χ4v) is 10.2. The second kappa shape index (κ2) is 13.2. The highest BCUT2D eigenvalue weighted by Gasteiger charge is 2.48. The van der Waals surface area contributed by atoms with Crippen molar-refractivity contribution < 1.29 is 0 Å². The van der Waals surface area contributed by atoms with Crippen molar-refractivity contribution in [3.05, 3.63) is 281 Å². The Morgan fingerprint density at radius 3 is 1.09 bits per heavy atom. The van der Waals surface area contributed by atoms with E-state index in [1.165, 1.54) is 66.8 Å². The monoisotopic (exact) mass is 725 g/mol. The molecule has 0 unspecified atom stereocenters. The number of hydrogen-bond acceptors (Lipinski definition) is 1.